The molecule has 1 aliphatic carbocycles. The van der Waals surface area contributed by atoms with Crippen LogP contribution in [0.25, 0.3) is 0 Å². The maximum Gasteiger partial charge on any atom is 0.0788 e. The molecule has 0 aromatic carbocycles. The van der Waals surface area contributed by atoms with Crippen LogP contribution in [0.2, 0.25) is 0 Å². The standard InChI is InChI=1S/C15H30O3/c1-12(9-16)17-10-13(2)18-15(7-6-8-15)11-14(3,4)5/h12-13,16H,6-11H2,1-5H3. The second-order valence-corrected chi connectivity index (χ2v) is 7.03. The van der Waals surface area contributed by atoms with E-state index in [1.165, 1.54) is 19.3 Å². The van der Waals surface area contributed by atoms with Gasteiger partial charge >= 0.3 is 0 Å². The minimum atomic E-state index is -0.101. The molecule has 0 bridgehead atoms. The predicted octanol–water partition coefficient (Wildman–Crippen LogP) is 3.15. The van der Waals surface area contributed by atoms with E-state index in [-0.39, 0.29) is 24.4 Å². The highest BCUT2D eigenvalue weighted by atomic mass is 16.6. The van der Waals surface area contributed by atoms with Crippen molar-refractivity contribution >= 4 is 0 Å². The van der Waals surface area contributed by atoms with Crippen LogP contribution in [0.1, 0.15) is 60.3 Å². The molecule has 0 aliphatic heterocycles. The summed E-state index contributed by atoms with van der Waals surface area (Å²) >= 11 is 0. The third kappa shape index (κ3) is 5.25. The summed E-state index contributed by atoms with van der Waals surface area (Å²) in [5, 5.41) is 8.92. The van der Waals surface area contributed by atoms with Gasteiger partial charge in [0.05, 0.1) is 31.0 Å². The normalized spacial score (nSPS) is 22.3. The number of ether oxygens (including phenoxy) is 2. The van der Waals surface area contributed by atoms with Crippen LogP contribution in [0.3, 0.4) is 0 Å². The maximum atomic E-state index is 8.92. The molecule has 3 heteroatoms. The lowest BCUT2D eigenvalue weighted by atomic mass is 9.70. The van der Waals surface area contributed by atoms with Crippen molar-refractivity contribution in [2.45, 2.75) is 78.1 Å². The van der Waals surface area contributed by atoms with Crippen molar-refractivity contribution in [1.82, 2.24) is 0 Å². The van der Waals surface area contributed by atoms with Crippen LogP contribution in [0.4, 0.5) is 0 Å². The van der Waals surface area contributed by atoms with Crippen molar-refractivity contribution in [3.05, 3.63) is 0 Å². The number of hydrogen-bond acceptors (Lipinski definition) is 3. The fourth-order valence-corrected chi connectivity index (χ4v) is 2.69. The molecule has 1 saturated carbocycles. The Morgan fingerprint density at radius 2 is 1.78 bits per heavy atom. The van der Waals surface area contributed by atoms with E-state index in [1.807, 2.05) is 6.92 Å². The third-order valence-electron chi connectivity index (χ3n) is 3.44. The summed E-state index contributed by atoms with van der Waals surface area (Å²) in [5.41, 5.74) is 0.378. The average molecular weight is 258 g/mol. The first-order valence-electron chi connectivity index (χ1n) is 7.17. The topological polar surface area (TPSA) is 38.7 Å². The van der Waals surface area contributed by atoms with Crippen molar-refractivity contribution in [2.75, 3.05) is 13.2 Å². The van der Waals surface area contributed by atoms with Gasteiger partial charge in [-0.3, -0.25) is 0 Å². The summed E-state index contributed by atoms with van der Waals surface area (Å²) in [6.07, 6.45) is 4.72. The van der Waals surface area contributed by atoms with E-state index < -0.39 is 0 Å². The van der Waals surface area contributed by atoms with Crippen molar-refractivity contribution in [1.29, 1.82) is 0 Å². The van der Waals surface area contributed by atoms with Gasteiger partial charge in [0.1, 0.15) is 0 Å². The number of rotatable bonds is 7. The quantitative estimate of drug-likeness (QED) is 0.762. The maximum absolute atomic E-state index is 8.92. The first kappa shape index (κ1) is 15.9. The molecule has 18 heavy (non-hydrogen) atoms. The zero-order valence-electron chi connectivity index (χ0n) is 12.7. The molecule has 0 aromatic heterocycles. The largest absolute Gasteiger partial charge is 0.394 e. The molecular formula is C15H30O3. The lowest BCUT2D eigenvalue weighted by Gasteiger charge is -2.47. The van der Waals surface area contributed by atoms with Gasteiger partial charge in [-0.05, 0) is 44.9 Å². The zero-order chi connectivity index (χ0) is 13.8. The van der Waals surface area contributed by atoms with Gasteiger partial charge in [0, 0.05) is 0 Å². The van der Waals surface area contributed by atoms with Crippen LogP contribution in [-0.2, 0) is 9.47 Å². The second kappa shape index (κ2) is 6.36. The van der Waals surface area contributed by atoms with Crippen molar-refractivity contribution < 1.29 is 14.6 Å². The zero-order valence-corrected chi connectivity index (χ0v) is 12.7. The van der Waals surface area contributed by atoms with Crippen LogP contribution in [-0.4, -0.2) is 36.1 Å². The molecule has 0 heterocycles. The van der Waals surface area contributed by atoms with Gasteiger partial charge in [-0.25, -0.2) is 0 Å². The van der Waals surface area contributed by atoms with E-state index in [0.29, 0.717) is 12.0 Å². The highest BCUT2D eigenvalue weighted by Crippen LogP contribution is 2.44. The monoisotopic (exact) mass is 258 g/mol. The molecule has 0 radical (unpaired) electrons. The summed E-state index contributed by atoms with van der Waals surface area (Å²) in [6.45, 7) is 11.4. The summed E-state index contributed by atoms with van der Waals surface area (Å²) < 4.78 is 11.8. The van der Waals surface area contributed by atoms with Crippen LogP contribution < -0.4 is 0 Å². The Kier molecular flexibility index (Phi) is 5.63. The molecule has 1 N–H and O–H groups in total. The molecule has 2 unspecified atom stereocenters. The van der Waals surface area contributed by atoms with Gasteiger partial charge in [0.15, 0.2) is 0 Å². The van der Waals surface area contributed by atoms with Crippen LogP contribution in [0, 0.1) is 5.41 Å². The van der Waals surface area contributed by atoms with E-state index in [0.717, 1.165) is 6.42 Å². The van der Waals surface area contributed by atoms with Gasteiger partial charge in [-0.1, -0.05) is 20.8 Å². The fourth-order valence-electron chi connectivity index (χ4n) is 2.69. The van der Waals surface area contributed by atoms with E-state index in [1.54, 1.807) is 0 Å². The molecular weight excluding hydrogens is 228 g/mol. The molecule has 2 atom stereocenters. The second-order valence-electron chi connectivity index (χ2n) is 7.03. The van der Waals surface area contributed by atoms with Crippen LogP contribution in [0.15, 0.2) is 0 Å². The van der Waals surface area contributed by atoms with Gasteiger partial charge in [0.25, 0.3) is 0 Å². The Hall–Kier alpha value is -0.120. The van der Waals surface area contributed by atoms with Crippen molar-refractivity contribution in [3.8, 4) is 0 Å². The highest BCUT2D eigenvalue weighted by molar-refractivity contribution is 4.93. The van der Waals surface area contributed by atoms with Crippen LogP contribution >= 0.6 is 0 Å². The minimum absolute atomic E-state index is 0.0693. The van der Waals surface area contributed by atoms with Crippen molar-refractivity contribution in [2.24, 2.45) is 5.41 Å². The highest BCUT2D eigenvalue weighted by Gasteiger charge is 2.42. The lowest BCUT2D eigenvalue weighted by Crippen LogP contribution is -2.46. The number of aliphatic hydroxyl groups excluding tert-OH is 1. The van der Waals surface area contributed by atoms with Gasteiger partial charge in [0.2, 0.25) is 0 Å². The Balaban J connectivity index is 2.38. The molecule has 108 valence electrons. The van der Waals surface area contributed by atoms with Gasteiger partial charge < -0.3 is 14.6 Å². The summed E-state index contributed by atoms with van der Waals surface area (Å²) in [4.78, 5) is 0. The summed E-state index contributed by atoms with van der Waals surface area (Å²) in [5.74, 6) is 0. The molecule has 0 amide bonds. The Morgan fingerprint density at radius 3 is 2.17 bits per heavy atom. The molecule has 1 rings (SSSR count). The summed E-state index contributed by atoms with van der Waals surface area (Å²) in [7, 11) is 0. The first-order chi connectivity index (χ1) is 8.26. The Morgan fingerprint density at radius 1 is 1.17 bits per heavy atom. The molecule has 0 saturated heterocycles. The molecule has 1 aliphatic rings. The number of hydrogen-bond donors (Lipinski definition) is 1. The van der Waals surface area contributed by atoms with E-state index >= 15 is 0 Å². The van der Waals surface area contributed by atoms with Crippen LogP contribution in [0.5, 0.6) is 0 Å². The Bertz CT molecular complexity index is 241. The molecule has 0 spiro atoms. The molecule has 0 aromatic rings. The molecule has 1 fully saturated rings. The third-order valence-corrected chi connectivity index (χ3v) is 3.44. The average Bonchev–Trinajstić information content (AvgIpc) is 2.20. The number of aliphatic hydroxyl groups is 1. The predicted molar refractivity (Wildman–Crippen MR) is 73.7 cm³/mol. The smallest absolute Gasteiger partial charge is 0.0788 e. The summed E-state index contributed by atoms with van der Waals surface area (Å²) in [6, 6.07) is 0. The molecule has 3 nitrogen and oxygen atoms in total. The lowest BCUT2D eigenvalue weighted by molar-refractivity contribution is -0.170. The van der Waals surface area contributed by atoms with E-state index in [4.69, 9.17) is 14.6 Å². The fraction of sp³-hybridized carbons (Fsp3) is 1.00. The minimum Gasteiger partial charge on any atom is -0.394 e. The van der Waals surface area contributed by atoms with E-state index in [9.17, 15) is 0 Å². The van der Waals surface area contributed by atoms with Crippen molar-refractivity contribution in [3.63, 3.8) is 0 Å². The Labute approximate surface area is 112 Å². The first-order valence-corrected chi connectivity index (χ1v) is 7.17. The van der Waals surface area contributed by atoms with Gasteiger partial charge in [-0.15, -0.1) is 0 Å². The van der Waals surface area contributed by atoms with Gasteiger partial charge in [-0.2, -0.15) is 0 Å². The van der Waals surface area contributed by atoms with E-state index in [2.05, 4.69) is 27.7 Å². The SMILES string of the molecule is CC(CO)OCC(C)OC1(CC(C)(C)C)CCC1.